The van der Waals surface area contributed by atoms with Gasteiger partial charge in [-0.3, -0.25) is 9.09 Å². The Morgan fingerprint density at radius 2 is 2.03 bits per heavy atom. The van der Waals surface area contributed by atoms with E-state index in [4.69, 9.17) is 31.6 Å². The summed E-state index contributed by atoms with van der Waals surface area (Å²) >= 11 is 5.83. The molecule has 2 aromatic heterocycles. The number of nitrogens with two attached hydrogens (primary N) is 1. The Balaban J connectivity index is 1.65. The molecule has 0 saturated heterocycles. The van der Waals surface area contributed by atoms with Crippen molar-refractivity contribution < 1.29 is 42.9 Å². The molecule has 0 bridgehead atoms. The van der Waals surface area contributed by atoms with E-state index in [2.05, 4.69) is 19.3 Å². The summed E-state index contributed by atoms with van der Waals surface area (Å²) < 4.78 is 32.2. The zero-order valence-electron chi connectivity index (χ0n) is 14.8. The average molecular weight is 484 g/mol. The minimum absolute atomic E-state index is 0.0326. The molecule has 1 fully saturated rings. The number of aliphatic hydroxyl groups is 2. The van der Waals surface area contributed by atoms with E-state index < -0.39 is 45.4 Å². The molecule has 0 amide bonds. The van der Waals surface area contributed by atoms with E-state index in [0.29, 0.717) is 0 Å². The van der Waals surface area contributed by atoms with Gasteiger partial charge in [-0.25, -0.2) is 14.1 Å². The van der Waals surface area contributed by atoms with Crippen LogP contribution in [0.25, 0.3) is 11.2 Å². The highest BCUT2D eigenvalue weighted by molar-refractivity contribution is 7.60. The molecule has 0 spiro atoms. The van der Waals surface area contributed by atoms with Crippen LogP contribution in [0.4, 0.5) is 5.82 Å². The molecule has 1 saturated carbocycles. The number of imidazole rings is 1. The Kier molecular flexibility index (Phi) is 4.92. The average Bonchev–Trinajstić information content (AvgIpc) is 3.06. The molecular formula is C13H16ClN5O9P2. The fourth-order valence-electron chi connectivity index (χ4n) is 3.89. The monoisotopic (exact) mass is 483 g/mol. The molecular weight excluding hydrogens is 468 g/mol. The first kappa shape index (κ1) is 21.8. The number of hydrogen-bond acceptors (Lipinski definition) is 10. The first-order valence-electron chi connectivity index (χ1n) is 8.28. The van der Waals surface area contributed by atoms with E-state index in [-0.39, 0.29) is 28.7 Å². The van der Waals surface area contributed by atoms with Gasteiger partial charge in [0.05, 0.1) is 12.9 Å². The number of rotatable bonds is 6. The number of halogens is 1. The molecule has 1 unspecified atom stereocenters. The molecule has 30 heavy (non-hydrogen) atoms. The maximum atomic E-state index is 11.8. The third-order valence-electron chi connectivity index (χ3n) is 5.30. The van der Waals surface area contributed by atoms with Crippen LogP contribution in [0.1, 0.15) is 6.42 Å². The van der Waals surface area contributed by atoms with Crippen molar-refractivity contribution in [3.8, 4) is 0 Å². The predicted octanol–water partition coefficient (Wildman–Crippen LogP) is -0.130. The van der Waals surface area contributed by atoms with Crippen LogP contribution in [-0.4, -0.2) is 57.1 Å². The van der Waals surface area contributed by atoms with Gasteiger partial charge in [0, 0.05) is 11.8 Å². The van der Waals surface area contributed by atoms with Crippen molar-refractivity contribution in [3.05, 3.63) is 23.8 Å². The molecule has 2 aliphatic carbocycles. The number of nitrogen functional groups attached to an aromatic ring is 1. The number of hydrogen-bond donors (Lipinski definition) is 6. The van der Waals surface area contributed by atoms with E-state index in [0.717, 1.165) is 0 Å². The summed E-state index contributed by atoms with van der Waals surface area (Å²) in [6.07, 6.45) is 2.65. The molecule has 2 aromatic rings. The van der Waals surface area contributed by atoms with Gasteiger partial charge in [-0.2, -0.15) is 14.3 Å². The molecule has 17 heteroatoms. The lowest BCUT2D eigenvalue weighted by Gasteiger charge is -2.41. The van der Waals surface area contributed by atoms with Crippen LogP contribution in [-0.2, 0) is 23.7 Å². The summed E-state index contributed by atoms with van der Waals surface area (Å²) in [4.78, 5) is 38.8. The van der Waals surface area contributed by atoms with Gasteiger partial charge in [0.25, 0.3) is 0 Å². The predicted molar refractivity (Wildman–Crippen MR) is 99.5 cm³/mol. The molecule has 2 aliphatic rings. The zero-order valence-corrected chi connectivity index (χ0v) is 17.4. The minimum Gasteiger partial charge on any atom is -0.387 e. The fraction of sp³-hybridized carbons (Fsp3) is 0.462. The van der Waals surface area contributed by atoms with Crippen molar-refractivity contribution in [2.45, 2.75) is 18.2 Å². The van der Waals surface area contributed by atoms with Gasteiger partial charge >= 0.3 is 15.6 Å². The van der Waals surface area contributed by atoms with Crippen molar-refractivity contribution in [2.75, 3.05) is 12.3 Å². The molecule has 14 nitrogen and oxygen atoms in total. The first-order chi connectivity index (χ1) is 13.8. The third-order valence-corrected chi connectivity index (χ3v) is 7.60. The number of phosphoric ester groups is 1. The summed E-state index contributed by atoms with van der Waals surface area (Å²) in [5, 5.41) is 22.1. The van der Waals surface area contributed by atoms with Crippen molar-refractivity contribution in [2.24, 2.45) is 11.3 Å². The SMILES string of the molecule is Nc1nc(Cl)nc2c1ncn2[C@]1(O)C[C@H]2C=C[C@@]2(COP(=O)(O)OP(=O)(O)O)[C@H]1O. The molecule has 5 atom stereocenters. The lowest BCUT2D eigenvalue weighted by molar-refractivity contribution is -0.140. The summed E-state index contributed by atoms with van der Waals surface area (Å²) in [5.41, 5.74) is 2.64. The van der Waals surface area contributed by atoms with Crippen LogP contribution in [0.2, 0.25) is 5.28 Å². The van der Waals surface area contributed by atoms with Crippen LogP contribution < -0.4 is 5.73 Å². The first-order valence-corrected chi connectivity index (χ1v) is 11.7. The summed E-state index contributed by atoms with van der Waals surface area (Å²) in [6.45, 7) is -0.671. The number of anilines is 1. The molecule has 4 rings (SSSR count). The number of allylic oxidation sites excluding steroid dienone is 1. The van der Waals surface area contributed by atoms with E-state index in [9.17, 15) is 24.2 Å². The van der Waals surface area contributed by atoms with E-state index in [1.54, 1.807) is 6.08 Å². The molecule has 0 aromatic carbocycles. The van der Waals surface area contributed by atoms with Gasteiger partial charge in [0.1, 0.15) is 11.6 Å². The molecule has 164 valence electrons. The van der Waals surface area contributed by atoms with E-state index in [1.165, 1.54) is 17.0 Å². The third kappa shape index (κ3) is 3.39. The summed E-state index contributed by atoms with van der Waals surface area (Å²) in [6, 6.07) is 0. The maximum absolute atomic E-state index is 11.8. The lowest BCUT2D eigenvalue weighted by atomic mass is 9.68. The largest absolute Gasteiger partial charge is 0.481 e. The minimum atomic E-state index is -5.30. The Labute approximate surface area is 172 Å². The molecule has 0 radical (unpaired) electrons. The zero-order chi connectivity index (χ0) is 22.1. The van der Waals surface area contributed by atoms with Crippen LogP contribution in [0.15, 0.2) is 18.5 Å². The van der Waals surface area contributed by atoms with Gasteiger partial charge in [-0.15, -0.1) is 0 Å². The normalized spacial score (nSPS) is 32.7. The number of fused-ring (bicyclic) bond motifs is 2. The van der Waals surface area contributed by atoms with Crippen molar-refractivity contribution in [1.82, 2.24) is 19.5 Å². The highest BCUT2D eigenvalue weighted by atomic mass is 35.5. The molecule has 2 heterocycles. The van der Waals surface area contributed by atoms with Gasteiger partial charge in [0.2, 0.25) is 5.28 Å². The quantitative estimate of drug-likeness (QED) is 0.179. The smallest absolute Gasteiger partial charge is 0.387 e. The van der Waals surface area contributed by atoms with Gasteiger partial charge < -0.3 is 30.6 Å². The highest BCUT2D eigenvalue weighted by Gasteiger charge is 2.65. The topological polar surface area (TPSA) is 223 Å². The van der Waals surface area contributed by atoms with Crippen LogP contribution in [0, 0.1) is 11.3 Å². The van der Waals surface area contributed by atoms with Crippen LogP contribution in [0.5, 0.6) is 0 Å². The van der Waals surface area contributed by atoms with Gasteiger partial charge in [0.15, 0.2) is 17.2 Å². The number of aliphatic hydroxyl groups excluding tert-OH is 1. The summed E-state index contributed by atoms with van der Waals surface area (Å²) in [7, 11) is -10.4. The highest BCUT2D eigenvalue weighted by Crippen LogP contribution is 2.62. The van der Waals surface area contributed by atoms with Crippen molar-refractivity contribution in [3.63, 3.8) is 0 Å². The van der Waals surface area contributed by atoms with Crippen molar-refractivity contribution >= 4 is 44.2 Å². The standard InChI is InChI=1S/C13H16ClN5O9P2/c14-11-17-8(15)7-9(18-11)19(5-16-7)13(21)3-6-1-2-12(6,10(13)20)4-27-30(25,26)28-29(22,23)24/h1-2,5-6,10,20-21H,3-4H2,(H,25,26)(H2,15,17,18)(H2,22,23,24)/t6-,10-,12+,13+/m1/s1. The van der Waals surface area contributed by atoms with Gasteiger partial charge in [-0.1, -0.05) is 12.2 Å². The fourth-order valence-corrected chi connectivity index (χ4v) is 5.71. The Morgan fingerprint density at radius 1 is 1.33 bits per heavy atom. The van der Waals surface area contributed by atoms with E-state index >= 15 is 0 Å². The van der Waals surface area contributed by atoms with Crippen molar-refractivity contribution in [1.29, 1.82) is 0 Å². The molecule has 0 aliphatic heterocycles. The second-order valence-electron chi connectivity index (χ2n) is 7.04. The Hall–Kier alpha value is -1.44. The Morgan fingerprint density at radius 3 is 2.63 bits per heavy atom. The lowest BCUT2D eigenvalue weighted by Crippen LogP contribution is -2.50. The number of phosphoric acid groups is 2. The molecule has 7 N–H and O–H groups in total. The second kappa shape index (κ2) is 6.78. The summed E-state index contributed by atoms with van der Waals surface area (Å²) in [5.74, 6) is -0.547. The van der Waals surface area contributed by atoms with E-state index in [1.807, 2.05) is 0 Å². The second-order valence-corrected chi connectivity index (χ2v) is 10.2. The van der Waals surface area contributed by atoms with Crippen LogP contribution in [0.3, 0.4) is 0 Å². The Bertz CT molecular complexity index is 1150. The van der Waals surface area contributed by atoms with Gasteiger partial charge in [-0.05, 0) is 17.5 Å². The maximum Gasteiger partial charge on any atom is 0.481 e. The van der Waals surface area contributed by atoms with Crippen LogP contribution >= 0.6 is 27.2 Å². The number of aromatic nitrogens is 4. The number of nitrogens with zero attached hydrogens (tertiary/aromatic N) is 4.